The predicted molar refractivity (Wildman–Crippen MR) is 128 cm³/mol. The Bertz CT molecular complexity index is 1080. The second-order valence-electron chi connectivity index (χ2n) is 7.74. The van der Waals surface area contributed by atoms with Gasteiger partial charge in [-0.3, -0.25) is 9.69 Å². The van der Waals surface area contributed by atoms with Crippen LogP contribution in [-0.2, 0) is 4.74 Å². The minimum Gasteiger partial charge on any atom is -0.497 e. The number of ether oxygens (including phenoxy) is 3. The van der Waals surface area contributed by atoms with E-state index in [4.69, 9.17) is 18.6 Å². The SMILES string of the molecule is COc1ccc(C(=O)Nc2ccc(-c3nnc(NCCCN4CCOCC4)o3)c(OC)c2)cc1. The van der Waals surface area contributed by atoms with Crippen LogP contribution in [0.3, 0.4) is 0 Å². The van der Waals surface area contributed by atoms with E-state index < -0.39 is 0 Å². The third kappa shape index (κ3) is 6.03. The number of carbonyl (C=O) groups excluding carboxylic acids is 1. The van der Waals surface area contributed by atoms with Crippen molar-refractivity contribution in [1.29, 1.82) is 0 Å². The van der Waals surface area contributed by atoms with Gasteiger partial charge in [-0.2, -0.15) is 0 Å². The zero-order valence-corrected chi connectivity index (χ0v) is 19.4. The normalized spacial score (nSPS) is 13.9. The number of carbonyl (C=O) groups is 1. The Kier molecular flexibility index (Phi) is 7.95. The molecule has 1 saturated heterocycles. The second kappa shape index (κ2) is 11.5. The molecule has 2 aromatic carbocycles. The molecule has 10 heteroatoms. The number of hydrogen-bond acceptors (Lipinski definition) is 9. The van der Waals surface area contributed by atoms with Gasteiger partial charge in [0, 0.05) is 37.0 Å². The number of amides is 1. The zero-order chi connectivity index (χ0) is 23.8. The van der Waals surface area contributed by atoms with Gasteiger partial charge >= 0.3 is 6.01 Å². The molecule has 2 N–H and O–H groups in total. The first kappa shape index (κ1) is 23.5. The minimum atomic E-state index is -0.237. The van der Waals surface area contributed by atoms with Crippen LogP contribution >= 0.6 is 0 Å². The van der Waals surface area contributed by atoms with E-state index in [9.17, 15) is 4.79 Å². The van der Waals surface area contributed by atoms with Crippen molar-refractivity contribution in [3.63, 3.8) is 0 Å². The maximum atomic E-state index is 12.5. The van der Waals surface area contributed by atoms with Crippen LogP contribution in [0, 0.1) is 0 Å². The molecule has 34 heavy (non-hydrogen) atoms. The highest BCUT2D eigenvalue weighted by Crippen LogP contribution is 2.32. The number of morpholine rings is 1. The molecule has 0 unspecified atom stereocenters. The summed E-state index contributed by atoms with van der Waals surface area (Å²) in [7, 11) is 3.13. The predicted octanol–water partition coefficient (Wildman–Crippen LogP) is 3.14. The monoisotopic (exact) mass is 467 g/mol. The lowest BCUT2D eigenvalue weighted by molar-refractivity contribution is 0.0378. The molecule has 10 nitrogen and oxygen atoms in total. The molecule has 1 aromatic heterocycles. The number of rotatable bonds is 10. The van der Waals surface area contributed by atoms with Crippen molar-refractivity contribution < 1.29 is 23.4 Å². The highest BCUT2D eigenvalue weighted by molar-refractivity contribution is 6.04. The van der Waals surface area contributed by atoms with E-state index in [1.54, 1.807) is 56.7 Å². The second-order valence-corrected chi connectivity index (χ2v) is 7.74. The average Bonchev–Trinajstić information content (AvgIpc) is 3.36. The van der Waals surface area contributed by atoms with Gasteiger partial charge in [0.25, 0.3) is 11.8 Å². The minimum absolute atomic E-state index is 0.237. The highest BCUT2D eigenvalue weighted by Gasteiger charge is 2.16. The van der Waals surface area contributed by atoms with Gasteiger partial charge in [0.2, 0.25) is 0 Å². The molecule has 1 amide bonds. The third-order valence-electron chi connectivity index (χ3n) is 5.50. The summed E-state index contributed by atoms with van der Waals surface area (Å²) < 4.78 is 21.8. The summed E-state index contributed by atoms with van der Waals surface area (Å²) in [6, 6.07) is 12.5. The van der Waals surface area contributed by atoms with Crippen molar-refractivity contribution >= 4 is 17.6 Å². The number of nitrogens with one attached hydrogen (secondary N) is 2. The Morgan fingerprint density at radius 1 is 1.06 bits per heavy atom. The van der Waals surface area contributed by atoms with Crippen molar-refractivity contribution in [2.45, 2.75) is 6.42 Å². The van der Waals surface area contributed by atoms with E-state index in [0.717, 1.165) is 45.8 Å². The van der Waals surface area contributed by atoms with Crippen LogP contribution in [0.2, 0.25) is 0 Å². The molecule has 0 spiro atoms. The van der Waals surface area contributed by atoms with E-state index >= 15 is 0 Å². The summed E-state index contributed by atoms with van der Waals surface area (Å²) in [5.41, 5.74) is 1.74. The summed E-state index contributed by atoms with van der Waals surface area (Å²) >= 11 is 0. The van der Waals surface area contributed by atoms with Crippen molar-refractivity contribution in [3.8, 4) is 23.0 Å². The van der Waals surface area contributed by atoms with Gasteiger partial charge in [-0.1, -0.05) is 5.10 Å². The number of hydrogen-bond donors (Lipinski definition) is 2. The quantitative estimate of drug-likeness (QED) is 0.434. The van der Waals surface area contributed by atoms with Crippen LogP contribution in [0.25, 0.3) is 11.5 Å². The summed E-state index contributed by atoms with van der Waals surface area (Å²) in [4.78, 5) is 14.9. The van der Waals surface area contributed by atoms with E-state index in [1.165, 1.54) is 0 Å². The van der Waals surface area contributed by atoms with Crippen LogP contribution in [0.15, 0.2) is 46.9 Å². The van der Waals surface area contributed by atoms with Crippen molar-refractivity contribution in [2.24, 2.45) is 0 Å². The molecule has 3 aromatic rings. The van der Waals surface area contributed by atoms with Gasteiger partial charge in [-0.25, -0.2) is 0 Å². The summed E-state index contributed by atoms with van der Waals surface area (Å²) in [6.45, 7) is 5.27. The molecule has 2 heterocycles. The summed E-state index contributed by atoms with van der Waals surface area (Å²) in [6.07, 6.45) is 0.962. The van der Waals surface area contributed by atoms with Gasteiger partial charge in [-0.05, 0) is 49.4 Å². The molecule has 4 rings (SSSR count). The van der Waals surface area contributed by atoms with Crippen LogP contribution in [-0.4, -0.2) is 74.6 Å². The lowest BCUT2D eigenvalue weighted by atomic mass is 10.1. The fraction of sp³-hybridized carbons (Fsp3) is 0.375. The Labute approximate surface area is 198 Å². The molecule has 1 aliphatic heterocycles. The van der Waals surface area contributed by atoms with Crippen LogP contribution in [0.4, 0.5) is 11.7 Å². The number of methoxy groups -OCH3 is 2. The molecular weight excluding hydrogens is 438 g/mol. The standard InChI is InChI=1S/C24H29N5O5/c1-31-19-7-4-17(5-8-19)22(30)26-18-6-9-20(21(16-18)32-2)23-27-28-24(34-23)25-10-3-11-29-12-14-33-15-13-29/h4-9,16H,3,10-15H2,1-2H3,(H,25,28)(H,26,30). The molecule has 0 saturated carbocycles. The molecule has 1 aliphatic rings. The molecular formula is C24H29N5O5. The Hall–Kier alpha value is -3.63. The van der Waals surface area contributed by atoms with E-state index in [-0.39, 0.29) is 5.91 Å². The van der Waals surface area contributed by atoms with Crippen LogP contribution in [0.5, 0.6) is 11.5 Å². The van der Waals surface area contributed by atoms with Crippen molar-refractivity contribution in [2.75, 3.05) is 64.2 Å². The van der Waals surface area contributed by atoms with Crippen molar-refractivity contribution in [1.82, 2.24) is 15.1 Å². The third-order valence-corrected chi connectivity index (χ3v) is 5.50. The average molecular weight is 468 g/mol. The lowest BCUT2D eigenvalue weighted by Gasteiger charge is -2.26. The van der Waals surface area contributed by atoms with Crippen LogP contribution < -0.4 is 20.1 Å². The van der Waals surface area contributed by atoms with Gasteiger partial charge in [-0.15, -0.1) is 5.10 Å². The molecule has 0 bridgehead atoms. The van der Waals surface area contributed by atoms with Gasteiger partial charge < -0.3 is 29.3 Å². The Balaban J connectivity index is 1.34. The molecule has 0 aliphatic carbocycles. The van der Waals surface area contributed by atoms with Gasteiger partial charge in [0.1, 0.15) is 11.5 Å². The molecule has 0 radical (unpaired) electrons. The maximum Gasteiger partial charge on any atom is 0.315 e. The molecule has 180 valence electrons. The Morgan fingerprint density at radius 2 is 1.85 bits per heavy atom. The van der Waals surface area contributed by atoms with Gasteiger partial charge in [0.05, 0.1) is 33.0 Å². The van der Waals surface area contributed by atoms with E-state index in [1.807, 2.05) is 0 Å². The maximum absolute atomic E-state index is 12.5. The van der Waals surface area contributed by atoms with E-state index in [0.29, 0.717) is 40.2 Å². The van der Waals surface area contributed by atoms with Gasteiger partial charge in [0.15, 0.2) is 0 Å². The Morgan fingerprint density at radius 3 is 2.59 bits per heavy atom. The summed E-state index contributed by atoms with van der Waals surface area (Å²) in [5, 5.41) is 14.2. The largest absolute Gasteiger partial charge is 0.497 e. The van der Waals surface area contributed by atoms with Crippen molar-refractivity contribution in [3.05, 3.63) is 48.0 Å². The molecule has 0 atom stereocenters. The first-order valence-corrected chi connectivity index (χ1v) is 11.2. The van der Waals surface area contributed by atoms with E-state index in [2.05, 4.69) is 25.7 Å². The first-order valence-electron chi connectivity index (χ1n) is 11.2. The topological polar surface area (TPSA) is 111 Å². The number of anilines is 2. The lowest BCUT2D eigenvalue weighted by Crippen LogP contribution is -2.37. The fourth-order valence-corrected chi connectivity index (χ4v) is 3.62. The highest BCUT2D eigenvalue weighted by atomic mass is 16.5. The summed E-state index contributed by atoms with van der Waals surface area (Å²) in [5.74, 6) is 1.29. The number of aromatic nitrogens is 2. The number of benzene rings is 2. The molecule has 1 fully saturated rings. The first-order chi connectivity index (χ1) is 16.7. The smallest absolute Gasteiger partial charge is 0.315 e. The number of nitrogens with zero attached hydrogens (tertiary/aromatic N) is 3. The van der Waals surface area contributed by atoms with Crippen LogP contribution in [0.1, 0.15) is 16.8 Å². The zero-order valence-electron chi connectivity index (χ0n) is 19.4. The fourth-order valence-electron chi connectivity index (χ4n) is 3.62.